The molecule has 2 unspecified atom stereocenters. The third-order valence-electron chi connectivity index (χ3n) is 17.7. The van der Waals surface area contributed by atoms with Gasteiger partial charge in [0.05, 0.1) is 26.4 Å². The van der Waals surface area contributed by atoms with Crippen molar-refractivity contribution in [3.05, 3.63) is 0 Å². The van der Waals surface area contributed by atoms with Crippen LogP contribution in [-0.2, 0) is 65.4 Å². The van der Waals surface area contributed by atoms with Gasteiger partial charge in [-0.25, -0.2) is 9.13 Å². The van der Waals surface area contributed by atoms with Crippen LogP contribution in [0.15, 0.2) is 0 Å². The van der Waals surface area contributed by atoms with Crippen molar-refractivity contribution >= 4 is 39.5 Å². The molecule has 0 aliphatic heterocycles. The highest BCUT2D eigenvalue weighted by Gasteiger charge is 2.30. The molecule has 0 rings (SSSR count). The van der Waals surface area contributed by atoms with E-state index < -0.39 is 97.5 Å². The summed E-state index contributed by atoms with van der Waals surface area (Å²) in [7, 11) is -9.91. The standard InChI is InChI=1S/C76H148O17P2/c1-7-9-11-13-15-17-19-20-21-22-23-24-27-31-35-42-48-54-60-75(80)92-71(64-87-74(79)59-53-47-41-34-30-28-25-26-29-32-38-44-50-56-68(3)4)66-90-94(82,83)88-62-70(77)63-89-95(84,85)91-67-72(65-86-73(78)58-52-46-40-33-18-16-14-12-10-8-2)93-76(81)61-55-49-43-37-36-39-45-51-57-69(5)6/h68-72,77H,7-67H2,1-6H3,(H,82,83)(H,84,85)/t70-,71-,72-/m1/s1. The van der Waals surface area contributed by atoms with Crippen molar-refractivity contribution in [2.45, 2.75) is 413 Å². The molecule has 0 bridgehead atoms. The predicted octanol–water partition coefficient (Wildman–Crippen LogP) is 22.3. The van der Waals surface area contributed by atoms with Gasteiger partial charge in [-0.15, -0.1) is 0 Å². The Kier molecular flexibility index (Phi) is 66.5. The van der Waals surface area contributed by atoms with Crippen LogP contribution >= 0.6 is 15.6 Å². The Hall–Kier alpha value is -1.94. The molecule has 0 aliphatic carbocycles. The molecule has 0 spiro atoms. The van der Waals surface area contributed by atoms with Crippen molar-refractivity contribution < 1.29 is 80.2 Å². The first-order valence-electron chi connectivity index (χ1n) is 39.5. The second kappa shape index (κ2) is 67.9. The van der Waals surface area contributed by atoms with Crippen LogP contribution in [0.2, 0.25) is 0 Å². The van der Waals surface area contributed by atoms with Gasteiger partial charge in [0, 0.05) is 25.7 Å². The van der Waals surface area contributed by atoms with Crippen molar-refractivity contribution in [2.24, 2.45) is 11.8 Å². The highest BCUT2D eigenvalue weighted by atomic mass is 31.2. The molecule has 5 atom stereocenters. The average molecular weight is 1400 g/mol. The fourth-order valence-corrected chi connectivity index (χ4v) is 13.2. The zero-order valence-corrected chi connectivity index (χ0v) is 63.8. The minimum absolute atomic E-state index is 0.105. The Labute approximate surface area is 581 Å². The van der Waals surface area contributed by atoms with Crippen LogP contribution in [0.5, 0.6) is 0 Å². The summed E-state index contributed by atoms with van der Waals surface area (Å²) in [6.45, 7) is 9.57. The lowest BCUT2D eigenvalue weighted by molar-refractivity contribution is -0.161. The topological polar surface area (TPSA) is 237 Å². The van der Waals surface area contributed by atoms with Crippen molar-refractivity contribution in [1.82, 2.24) is 0 Å². The smallest absolute Gasteiger partial charge is 0.462 e. The molecule has 0 fully saturated rings. The number of hydrogen-bond donors (Lipinski definition) is 3. The molecule has 0 aromatic heterocycles. The molecule has 17 nitrogen and oxygen atoms in total. The van der Waals surface area contributed by atoms with E-state index in [-0.39, 0.29) is 25.7 Å². The van der Waals surface area contributed by atoms with Crippen LogP contribution in [0, 0.1) is 11.8 Å². The summed E-state index contributed by atoms with van der Waals surface area (Å²) >= 11 is 0. The summed E-state index contributed by atoms with van der Waals surface area (Å²) in [5.41, 5.74) is 0. The van der Waals surface area contributed by atoms with Gasteiger partial charge in [0.25, 0.3) is 0 Å². The molecule has 564 valence electrons. The quantitative estimate of drug-likeness (QED) is 0.0222. The normalized spacial score (nSPS) is 14.0. The van der Waals surface area contributed by atoms with E-state index in [1.54, 1.807) is 0 Å². The van der Waals surface area contributed by atoms with Crippen LogP contribution in [0.3, 0.4) is 0 Å². The molecule has 0 saturated carbocycles. The van der Waals surface area contributed by atoms with Crippen LogP contribution in [0.4, 0.5) is 0 Å². The fourth-order valence-electron chi connectivity index (χ4n) is 11.7. The van der Waals surface area contributed by atoms with E-state index in [9.17, 15) is 43.2 Å². The van der Waals surface area contributed by atoms with Gasteiger partial charge in [-0.1, -0.05) is 343 Å². The Morgan fingerprint density at radius 2 is 0.484 bits per heavy atom. The van der Waals surface area contributed by atoms with Crippen LogP contribution in [0.25, 0.3) is 0 Å². The van der Waals surface area contributed by atoms with E-state index in [1.807, 2.05) is 0 Å². The van der Waals surface area contributed by atoms with Crippen molar-refractivity contribution in [3.8, 4) is 0 Å². The number of phosphoric ester groups is 2. The number of ether oxygens (including phenoxy) is 4. The van der Waals surface area contributed by atoms with Gasteiger partial charge in [-0.05, 0) is 37.5 Å². The van der Waals surface area contributed by atoms with Crippen LogP contribution in [0.1, 0.15) is 395 Å². The number of aliphatic hydroxyl groups is 1. The zero-order valence-electron chi connectivity index (χ0n) is 62.0. The minimum atomic E-state index is -4.96. The molecule has 0 heterocycles. The van der Waals surface area contributed by atoms with Gasteiger partial charge in [0.15, 0.2) is 12.2 Å². The van der Waals surface area contributed by atoms with E-state index in [0.717, 1.165) is 102 Å². The van der Waals surface area contributed by atoms with Gasteiger partial charge in [-0.3, -0.25) is 37.3 Å². The second-order valence-electron chi connectivity index (χ2n) is 28.3. The fraction of sp³-hybridized carbons (Fsp3) is 0.947. The highest BCUT2D eigenvalue weighted by Crippen LogP contribution is 2.45. The summed E-state index contributed by atoms with van der Waals surface area (Å²) in [5, 5.41) is 10.6. The van der Waals surface area contributed by atoms with E-state index >= 15 is 0 Å². The molecule has 0 radical (unpaired) electrons. The van der Waals surface area contributed by atoms with Crippen LogP contribution in [-0.4, -0.2) is 96.7 Å². The maximum Gasteiger partial charge on any atom is 0.472 e. The first-order valence-corrected chi connectivity index (χ1v) is 42.5. The lowest BCUT2D eigenvalue weighted by atomic mass is 10.0. The molecule has 19 heteroatoms. The van der Waals surface area contributed by atoms with Gasteiger partial charge >= 0.3 is 39.5 Å². The number of hydrogen-bond acceptors (Lipinski definition) is 15. The molecular formula is C76H148O17P2. The first kappa shape index (κ1) is 93.1. The summed E-state index contributed by atoms with van der Waals surface area (Å²) < 4.78 is 68.5. The van der Waals surface area contributed by atoms with Gasteiger partial charge < -0.3 is 33.8 Å². The van der Waals surface area contributed by atoms with Gasteiger partial charge in [0.1, 0.15) is 19.3 Å². The van der Waals surface area contributed by atoms with E-state index in [2.05, 4.69) is 41.5 Å². The Bertz CT molecular complexity index is 1840. The van der Waals surface area contributed by atoms with E-state index in [1.165, 1.54) is 212 Å². The van der Waals surface area contributed by atoms with Crippen molar-refractivity contribution in [2.75, 3.05) is 39.6 Å². The maximum absolute atomic E-state index is 13.1. The monoisotopic (exact) mass is 1400 g/mol. The molecule has 0 aromatic rings. The Morgan fingerprint density at radius 3 is 0.716 bits per heavy atom. The first-order chi connectivity index (χ1) is 45.9. The number of carbonyl (C=O) groups excluding carboxylic acids is 4. The van der Waals surface area contributed by atoms with Crippen LogP contribution < -0.4 is 0 Å². The summed E-state index contributed by atoms with van der Waals surface area (Å²) in [6.07, 6.45) is 55.5. The second-order valence-corrected chi connectivity index (χ2v) is 31.3. The number of aliphatic hydroxyl groups excluding tert-OH is 1. The lowest BCUT2D eigenvalue weighted by Gasteiger charge is -2.21. The van der Waals surface area contributed by atoms with Crippen molar-refractivity contribution in [3.63, 3.8) is 0 Å². The lowest BCUT2D eigenvalue weighted by Crippen LogP contribution is -2.30. The number of carbonyl (C=O) groups is 4. The third kappa shape index (κ3) is 70.3. The van der Waals surface area contributed by atoms with Gasteiger partial charge in [0.2, 0.25) is 0 Å². The summed E-state index contributed by atoms with van der Waals surface area (Å²) in [6, 6.07) is 0. The minimum Gasteiger partial charge on any atom is -0.462 e. The number of esters is 4. The molecule has 3 N–H and O–H groups in total. The zero-order chi connectivity index (χ0) is 70.0. The van der Waals surface area contributed by atoms with Gasteiger partial charge in [-0.2, -0.15) is 0 Å². The number of unbranched alkanes of at least 4 members (excludes halogenated alkanes) is 45. The van der Waals surface area contributed by atoms with E-state index in [0.29, 0.717) is 25.7 Å². The Morgan fingerprint density at radius 1 is 0.284 bits per heavy atom. The molecule has 0 amide bonds. The summed E-state index contributed by atoms with van der Waals surface area (Å²) in [5.74, 6) is -0.607. The SMILES string of the molecule is CCCCCCCCCCCCCCCCCCCCC(=O)O[C@H](COC(=O)CCCCCCCCCCCCCCCC(C)C)COP(=O)(O)OC[C@@H](O)COP(=O)(O)OC[C@@H](COC(=O)CCCCCCCCCCCC)OC(=O)CCCCCCCCCCC(C)C. The highest BCUT2D eigenvalue weighted by molar-refractivity contribution is 7.47. The Balaban J connectivity index is 5.23. The molecule has 0 aliphatic rings. The molecular weight excluding hydrogens is 1250 g/mol. The number of rotatable bonds is 75. The predicted molar refractivity (Wildman–Crippen MR) is 386 cm³/mol. The van der Waals surface area contributed by atoms with Crippen molar-refractivity contribution in [1.29, 1.82) is 0 Å². The molecule has 0 saturated heterocycles. The molecule has 95 heavy (non-hydrogen) atoms. The molecule has 0 aromatic carbocycles. The maximum atomic E-state index is 13.1. The average Bonchev–Trinajstić information content (AvgIpc) is 3.58. The number of phosphoric acid groups is 2. The summed E-state index contributed by atoms with van der Waals surface area (Å²) in [4.78, 5) is 72.8. The largest absolute Gasteiger partial charge is 0.472 e. The van der Waals surface area contributed by atoms with E-state index in [4.69, 9.17) is 37.0 Å². The third-order valence-corrected chi connectivity index (χ3v) is 19.6.